The molecule has 2 fully saturated rings. The van der Waals surface area contributed by atoms with Gasteiger partial charge in [-0.3, -0.25) is 0 Å². The summed E-state index contributed by atoms with van der Waals surface area (Å²) >= 11 is 0. The van der Waals surface area contributed by atoms with Gasteiger partial charge in [-0.15, -0.1) is 0 Å². The topological polar surface area (TPSA) is 15.3 Å². The maximum absolute atomic E-state index is 3.93. The molecule has 3 rings (SSSR count). The number of benzene rings is 1. The normalized spacial score (nSPS) is 26.4. The van der Waals surface area contributed by atoms with Gasteiger partial charge in [-0.05, 0) is 56.7 Å². The van der Waals surface area contributed by atoms with Crippen LogP contribution in [0.1, 0.15) is 57.4 Å². The fraction of sp³-hybridized carbons (Fsp3) is 0.714. The van der Waals surface area contributed by atoms with E-state index in [4.69, 9.17) is 0 Å². The molecule has 1 aliphatic heterocycles. The van der Waals surface area contributed by atoms with Crippen LogP contribution in [0.5, 0.6) is 0 Å². The number of hydrogen-bond donors (Lipinski definition) is 1. The Morgan fingerprint density at radius 2 is 1.74 bits per heavy atom. The summed E-state index contributed by atoms with van der Waals surface area (Å²) in [5.41, 5.74) is 2.75. The van der Waals surface area contributed by atoms with E-state index in [1.807, 2.05) is 0 Å². The van der Waals surface area contributed by atoms with Gasteiger partial charge in [0.05, 0.1) is 0 Å². The summed E-state index contributed by atoms with van der Waals surface area (Å²) in [6, 6.07) is 9.75. The molecule has 1 saturated carbocycles. The van der Waals surface area contributed by atoms with Crippen LogP contribution in [-0.2, 0) is 0 Å². The van der Waals surface area contributed by atoms with Crippen molar-refractivity contribution in [2.24, 2.45) is 11.8 Å². The largest absolute Gasteiger partial charge is 0.370 e. The predicted octanol–water partition coefficient (Wildman–Crippen LogP) is 4.77. The smallest absolute Gasteiger partial charge is 0.0367 e. The lowest BCUT2D eigenvalue weighted by Crippen LogP contribution is -2.50. The Morgan fingerprint density at radius 1 is 1.00 bits per heavy atom. The average molecular weight is 315 g/mol. The molecule has 1 N–H and O–H groups in total. The van der Waals surface area contributed by atoms with Gasteiger partial charge in [-0.2, -0.15) is 0 Å². The van der Waals surface area contributed by atoms with Crippen molar-refractivity contribution < 1.29 is 0 Å². The zero-order chi connectivity index (χ0) is 16.1. The molecular formula is C21H34N2. The molecule has 2 heteroatoms. The summed E-state index contributed by atoms with van der Waals surface area (Å²) in [5, 5.41) is 3.93. The second-order valence-electron chi connectivity index (χ2n) is 7.86. The molecule has 1 aromatic carbocycles. The molecule has 0 spiro atoms. The summed E-state index contributed by atoms with van der Waals surface area (Å²) < 4.78 is 0. The van der Waals surface area contributed by atoms with Crippen LogP contribution in [0.4, 0.5) is 5.69 Å². The molecule has 1 aliphatic carbocycles. The van der Waals surface area contributed by atoms with Gasteiger partial charge in [0.25, 0.3) is 0 Å². The van der Waals surface area contributed by atoms with Crippen molar-refractivity contribution in [2.75, 3.05) is 24.5 Å². The molecule has 2 unspecified atom stereocenters. The Morgan fingerprint density at radius 3 is 2.43 bits per heavy atom. The molecule has 1 aromatic rings. The molecule has 128 valence electrons. The second kappa shape index (κ2) is 8.19. The third-order valence-electron chi connectivity index (χ3n) is 5.93. The van der Waals surface area contributed by atoms with Crippen LogP contribution in [0.3, 0.4) is 0 Å². The van der Waals surface area contributed by atoms with Crippen molar-refractivity contribution in [1.29, 1.82) is 0 Å². The van der Waals surface area contributed by atoms with Crippen LogP contribution in [0.15, 0.2) is 24.3 Å². The number of nitrogens with zero attached hydrogens (tertiary/aromatic N) is 1. The van der Waals surface area contributed by atoms with Crippen LogP contribution in [0, 0.1) is 18.8 Å². The first kappa shape index (κ1) is 16.8. The highest BCUT2D eigenvalue weighted by atomic mass is 15.2. The van der Waals surface area contributed by atoms with Gasteiger partial charge >= 0.3 is 0 Å². The van der Waals surface area contributed by atoms with E-state index >= 15 is 0 Å². The summed E-state index contributed by atoms with van der Waals surface area (Å²) in [5.74, 6) is 1.76. The van der Waals surface area contributed by atoms with E-state index in [2.05, 4.69) is 48.3 Å². The Hall–Kier alpha value is -1.02. The lowest BCUT2D eigenvalue weighted by atomic mass is 9.88. The summed E-state index contributed by atoms with van der Waals surface area (Å²) in [4.78, 5) is 2.61. The van der Waals surface area contributed by atoms with Gasteiger partial charge in [0.1, 0.15) is 0 Å². The number of hydrogen-bond acceptors (Lipinski definition) is 2. The SMILES string of the molecule is CCC1CC(NCC2CCCCC2)CN(c2ccc(C)cc2)C1. The first-order valence-electron chi connectivity index (χ1n) is 9.79. The fourth-order valence-corrected chi connectivity index (χ4v) is 4.34. The molecule has 1 heterocycles. The number of nitrogens with one attached hydrogen (secondary N) is 1. The van der Waals surface area contributed by atoms with E-state index in [1.165, 1.54) is 75.8 Å². The van der Waals surface area contributed by atoms with Crippen molar-refractivity contribution in [3.05, 3.63) is 29.8 Å². The van der Waals surface area contributed by atoms with E-state index < -0.39 is 0 Å². The Balaban J connectivity index is 1.57. The highest BCUT2D eigenvalue weighted by molar-refractivity contribution is 5.48. The zero-order valence-electron chi connectivity index (χ0n) is 15.1. The van der Waals surface area contributed by atoms with Crippen LogP contribution in [-0.4, -0.2) is 25.7 Å². The van der Waals surface area contributed by atoms with Gasteiger partial charge in [0, 0.05) is 24.8 Å². The molecular weight excluding hydrogens is 280 g/mol. The number of anilines is 1. The Kier molecular flexibility index (Phi) is 5.99. The molecule has 23 heavy (non-hydrogen) atoms. The van der Waals surface area contributed by atoms with E-state index in [0.29, 0.717) is 6.04 Å². The van der Waals surface area contributed by atoms with Crippen LogP contribution in [0.25, 0.3) is 0 Å². The maximum Gasteiger partial charge on any atom is 0.0367 e. The zero-order valence-corrected chi connectivity index (χ0v) is 15.1. The molecule has 0 radical (unpaired) electrons. The van der Waals surface area contributed by atoms with Gasteiger partial charge < -0.3 is 10.2 Å². The lowest BCUT2D eigenvalue weighted by Gasteiger charge is -2.40. The van der Waals surface area contributed by atoms with E-state index in [-0.39, 0.29) is 0 Å². The summed E-state index contributed by atoms with van der Waals surface area (Å²) in [6.07, 6.45) is 9.89. The fourth-order valence-electron chi connectivity index (χ4n) is 4.34. The highest BCUT2D eigenvalue weighted by Crippen LogP contribution is 2.27. The number of rotatable bonds is 5. The van der Waals surface area contributed by atoms with Crippen LogP contribution < -0.4 is 10.2 Å². The monoisotopic (exact) mass is 314 g/mol. The van der Waals surface area contributed by atoms with Crippen molar-refractivity contribution >= 4 is 5.69 Å². The minimum atomic E-state index is 0.664. The van der Waals surface area contributed by atoms with Crippen LogP contribution in [0.2, 0.25) is 0 Å². The molecule has 0 aromatic heterocycles. The predicted molar refractivity (Wildman–Crippen MR) is 100 cm³/mol. The molecule has 2 aliphatic rings. The Bertz CT molecular complexity index is 461. The van der Waals surface area contributed by atoms with E-state index in [1.54, 1.807) is 0 Å². The molecule has 1 saturated heterocycles. The number of aryl methyl sites for hydroxylation is 1. The van der Waals surface area contributed by atoms with Gasteiger partial charge in [0.2, 0.25) is 0 Å². The minimum Gasteiger partial charge on any atom is -0.370 e. The van der Waals surface area contributed by atoms with Gasteiger partial charge in [0.15, 0.2) is 0 Å². The van der Waals surface area contributed by atoms with Crippen LogP contribution >= 0.6 is 0 Å². The number of piperidine rings is 1. The molecule has 0 bridgehead atoms. The van der Waals surface area contributed by atoms with Crippen molar-refractivity contribution in [3.8, 4) is 0 Å². The average Bonchev–Trinajstić information content (AvgIpc) is 2.61. The minimum absolute atomic E-state index is 0.664. The summed E-state index contributed by atoms with van der Waals surface area (Å²) in [6.45, 7) is 8.15. The van der Waals surface area contributed by atoms with E-state index in [9.17, 15) is 0 Å². The molecule has 0 amide bonds. The second-order valence-corrected chi connectivity index (χ2v) is 7.86. The Labute approximate surface area is 142 Å². The van der Waals surface area contributed by atoms with E-state index in [0.717, 1.165) is 11.8 Å². The van der Waals surface area contributed by atoms with Gasteiger partial charge in [-0.1, -0.05) is 50.3 Å². The maximum atomic E-state index is 3.93. The first-order valence-corrected chi connectivity index (χ1v) is 9.79. The third kappa shape index (κ3) is 4.73. The van der Waals surface area contributed by atoms with Crippen molar-refractivity contribution in [1.82, 2.24) is 5.32 Å². The molecule has 2 nitrogen and oxygen atoms in total. The first-order chi connectivity index (χ1) is 11.2. The summed E-state index contributed by atoms with van der Waals surface area (Å²) in [7, 11) is 0. The standard InChI is InChI=1S/C21H34N2/c1-3-18-13-20(22-14-19-7-5-4-6-8-19)16-23(15-18)21-11-9-17(2)10-12-21/h9-12,18-20,22H,3-8,13-16H2,1-2H3. The van der Waals surface area contributed by atoms with Crippen molar-refractivity contribution in [2.45, 2.75) is 64.8 Å². The van der Waals surface area contributed by atoms with Gasteiger partial charge in [-0.25, -0.2) is 0 Å². The third-order valence-corrected chi connectivity index (χ3v) is 5.93. The highest BCUT2D eigenvalue weighted by Gasteiger charge is 2.27. The van der Waals surface area contributed by atoms with Crippen molar-refractivity contribution in [3.63, 3.8) is 0 Å². The quantitative estimate of drug-likeness (QED) is 0.842. The lowest BCUT2D eigenvalue weighted by molar-refractivity contribution is 0.285. The molecule has 2 atom stereocenters.